The Hall–Kier alpha value is -1.32. The third kappa shape index (κ3) is 3.32. The van der Waals surface area contributed by atoms with Gasteiger partial charge in [-0.3, -0.25) is 0 Å². The van der Waals surface area contributed by atoms with E-state index < -0.39 is 0 Å². The third-order valence-electron chi connectivity index (χ3n) is 2.89. The molecule has 4 nitrogen and oxygen atoms in total. The number of rotatable bonds is 6. The summed E-state index contributed by atoms with van der Waals surface area (Å²) in [7, 11) is 4.01. The molecule has 0 bridgehead atoms. The summed E-state index contributed by atoms with van der Waals surface area (Å²) in [4.78, 5) is 11.0. The van der Waals surface area contributed by atoms with Gasteiger partial charge in [0.15, 0.2) is 0 Å². The molecule has 96 valence electrons. The molecule has 17 heavy (non-hydrogen) atoms. The molecule has 0 aliphatic heterocycles. The van der Waals surface area contributed by atoms with E-state index in [0.717, 1.165) is 18.2 Å². The van der Waals surface area contributed by atoms with Gasteiger partial charge in [-0.2, -0.15) is 0 Å². The Morgan fingerprint density at radius 2 is 2.06 bits per heavy atom. The highest BCUT2D eigenvalue weighted by Gasteiger charge is 2.16. The van der Waals surface area contributed by atoms with Gasteiger partial charge >= 0.3 is 0 Å². The minimum atomic E-state index is 0.415. The van der Waals surface area contributed by atoms with E-state index in [0.29, 0.717) is 5.92 Å². The van der Waals surface area contributed by atoms with E-state index in [4.69, 9.17) is 0 Å². The Morgan fingerprint density at radius 1 is 1.35 bits per heavy atom. The molecule has 1 aromatic rings. The van der Waals surface area contributed by atoms with E-state index in [-0.39, 0.29) is 0 Å². The zero-order chi connectivity index (χ0) is 12.8. The molecule has 1 heterocycles. The first kappa shape index (κ1) is 13.7. The second kappa shape index (κ2) is 6.42. The molecule has 0 atom stereocenters. The average molecular weight is 236 g/mol. The van der Waals surface area contributed by atoms with Crippen LogP contribution >= 0.6 is 0 Å². The molecule has 0 amide bonds. The van der Waals surface area contributed by atoms with Crippen LogP contribution in [0.1, 0.15) is 45.1 Å². The molecule has 0 aliphatic carbocycles. The van der Waals surface area contributed by atoms with Crippen LogP contribution < -0.4 is 10.2 Å². The van der Waals surface area contributed by atoms with Crippen LogP contribution in [0.15, 0.2) is 6.33 Å². The summed E-state index contributed by atoms with van der Waals surface area (Å²) in [6.45, 7) is 7.60. The van der Waals surface area contributed by atoms with Gasteiger partial charge in [0.25, 0.3) is 0 Å². The molecule has 0 aromatic carbocycles. The van der Waals surface area contributed by atoms with Crippen LogP contribution in [-0.2, 0) is 0 Å². The molecule has 0 saturated heterocycles. The first-order valence-electron chi connectivity index (χ1n) is 6.35. The van der Waals surface area contributed by atoms with Gasteiger partial charge < -0.3 is 10.2 Å². The maximum Gasteiger partial charge on any atom is 0.137 e. The van der Waals surface area contributed by atoms with Gasteiger partial charge in [0.1, 0.15) is 18.0 Å². The minimum Gasteiger partial charge on any atom is -0.373 e. The lowest BCUT2D eigenvalue weighted by Gasteiger charge is -2.23. The van der Waals surface area contributed by atoms with Crippen LogP contribution in [0.25, 0.3) is 0 Å². The highest BCUT2D eigenvalue weighted by molar-refractivity contribution is 5.59. The molecule has 1 N–H and O–H groups in total. The molecule has 1 rings (SSSR count). The lowest BCUT2D eigenvalue weighted by Crippen LogP contribution is -2.22. The predicted octanol–water partition coefficient (Wildman–Crippen LogP) is 2.88. The highest BCUT2D eigenvalue weighted by Crippen LogP contribution is 2.29. The smallest absolute Gasteiger partial charge is 0.137 e. The van der Waals surface area contributed by atoms with Crippen molar-refractivity contribution in [2.45, 2.75) is 39.5 Å². The fourth-order valence-corrected chi connectivity index (χ4v) is 1.92. The van der Waals surface area contributed by atoms with Crippen molar-refractivity contribution >= 4 is 11.6 Å². The van der Waals surface area contributed by atoms with E-state index >= 15 is 0 Å². The van der Waals surface area contributed by atoms with Crippen LogP contribution in [0.3, 0.4) is 0 Å². The number of unbranched alkanes of at least 4 members (excludes halogenated alkanes) is 1. The molecule has 0 fully saturated rings. The van der Waals surface area contributed by atoms with Gasteiger partial charge in [0, 0.05) is 26.2 Å². The van der Waals surface area contributed by atoms with Crippen molar-refractivity contribution in [3.05, 3.63) is 11.9 Å². The van der Waals surface area contributed by atoms with Crippen molar-refractivity contribution < 1.29 is 0 Å². The van der Waals surface area contributed by atoms with E-state index in [1.165, 1.54) is 18.4 Å². The Labute approximate surface area is 104 Å². The van der Waals surface area contributed by atoms with Gasteiger partial charge in [-0.15, -0.1) is 0 Å². The van der Waals surface area contributed by atoms with E-state index in [9.17, 15) is 0 Å². The largest absolute Gasteiger partial charge is 0.373 e. The summed E-state index contributed by atoms with van der Waals surface area (Å²) in [6.07, 6.45) is 4.02. The quantitative estimate of drug-likeness (QED) is 0.824. The molecule has 0 saturated carbocycles. The van der Waals surface area contributed by atoms with Crippen molar-refractivity contribution in [2.24, 2.45) is 0 Å². The zero-order valence-electron chi connectivity index (χ0n) is 11.6. The van der Waals surface area contributed by atoms with Gasteiger partial charge in [-0.25, -0.2) is 9.97 Å². The van der Waals surface area contributed by atoms with Gasteiger partial charge in [0.2, 0.25) is 0 Å². The molecule has 0 spiro atoms. The van der Waals surface area contributed by atoms with Crippen molar-refractivity contribution in [2.75, 3.05) is 30.9 Å². The summed E-state index contributed by atoms with van der Waals surface area (Å²) in [5.74, 6) is 2.40. The molecule has 4 heteroatoms. The zero-order valence-corrected chi connectivity index (χ0v) is 11.6. The number of anilines is 2. The number of hydrogen-bond acceptors (Lipinski definition) is 4. The van der Waals surface area contributed by atoms with E-state index in [1.807, 2.05) is 7.05 Å². The first-order chi connectivity index (χ1) is 8.11. The number of aromatic nitrogens is 2. The third-order valence-corrected chi connectivity index (χ3v) is 2.89. The van der Waals surface area contributed by atoms with Crippen LogP contribution in [0, 0.1) is 0 Å². The second-order valence-electron chi connectivity index (χ2n) is 4.64. The van der Waals surface area contributed by atoms with Crippen LogP contribution in [0.2, 0.25) is 0 Å². The molecule has 0 radical (unpaired) electrons. The van der Waals surface area contributed by atoms with E-state index in [1.54, 1.807) is 6.33 Å². The topological polar surface area (TPSA) is 41.1 Å². The fraction of sp³-hybridized carbons (Fsp3) is 0.692. The van der Waals surface area contributed by atoms with Gasteiger partial charge in [0.05, 0.1) is 0 Å². The summed E-state index contributed by atoms with van der Waals surface area (Å²) in [6, 6.07) is 0. The summed E-state index contributed by atoms with van der Waals surface area (Å²) in [5, 5.41) is 3.15. The fourth-order valence-electron chi connectivity index (χ4n) is 1.92. The summed E-state index contributed by atoms with van der Waals surface area (Å²) >= 11 is 0. The standard InChI is InChI=1S/C13H24N4/c1-6-7-8-17(5)13-11(10(2)3)12(14-4)15-9-16-13/h9-10H,6-8H2,1-5H3,(H,14,15,16). The molecule has 1 aromatic heterocycles. The number of hydrogen-bond donors (Lipinski definition) is 1. The first-order valence-corrected chi connectivity index (χ1v) is 6.35. The SMILES string of the molecule is CCCCN(C)c1ncnc(NC)c1C(C)C. The second-order valence-corrected chi connectivity index (χ2v) is 4.64. The minimum absolute atomic E-state index is 0.415. The molecular formula is C13H24N4. The normalized spacial score (nSPS) is 10.7. The number of nitrogens with zero attached hydrogens (tertiary/aromatic N) is 3. The maximum atomic E-state index is 4.44. The molecular weight excluding hydrogens is 212 g/mol. The Kier molecular flexibility index (Phi) is 5.19. The van der Waals surface area contributed by atoms with E-state index in [2.05, 4.69) is 48.0 Å². The Balaban J connectivity index is 3.05. The Morgan fingerprint density at radius 3 is 2.59 bits per heavy atom. The molecule has 0 unspecified atom stereocenters. The maximum absolute atomic E-state index is 4.44. The summed E-state index contributed by atoms with van der Waals surface area (Å²) < 4.78 is 0. The monoisotopic (exact) mass is 236 g/mol. The van der Waals surface area contributed by atoms with Crippen LogP contribution in [-0.4, -0.2) is 30.6 Å². The number of nitrogens with one attached hydrogen (secondary N) is 1. The van der Waals surface area contributed by atoms with Gasteiger partial charge in [-0.05, 0) is 12.3 Å². The molecule has 0 aliphatic rings. The summed E-state index contributed by atoms with van der Waals surface area (Å²) in [5.41, 5.74) is 1.20. The Bertz CT molecular complexity index is 349. The lowest BCUT2D eigenvalue weighted by molar-refractivity contribution is 0.744. The van der Waals surface area contributed by atoms with Crippen molar-refractivity contribution in [1.29, 1.82) is 0 Å². The van der Waals surface area contributed by atoms with Crippen LogP contribution in [0.5, 0.6) is 0 Å². The van der Waals surface area contributed by atoms with Crippen molar-refractivity contribution in [3.63, 3.8) is 0 Å². The lowest BCUT2D eigenvalue weighted by atomic mass is 10.0. The van der Waals surface area contributed by atoms with Crippen LogP contribution in [0.4, 0.5) is 11.6 Å². The average Bonchev–Trinajstić information content (AvgIpc) is 2.34. The van der Waals surface area contributed by atoms with Crippen molar-refractivity contribution in [1.82, 2.24) is 9.97 Å². The predicted molar refractivity (Wildman–Crippen MR) is 73.8 cm³/mol. The highest BCUT2D eigenvalue weighted by atomic mass is 15.2. The van der Waals surface area contributed by atoms with Crippen molar-refractivity contribution in [3.8, 4) is 0 Å². The van der Waals surface area contributed by atoms with Gasteiger partial charge in [-0.1, -0.05) is 27.2 Å².